The van der Waals surface area contributed by atoms with Crippen molar-refractivity contribution < 1.29 is 13.2 Å². The Labute approximate surface area is 144 Å². The summed E-state index contributed by atoms with van der Waals surface area (Å²) in [5.41, 5.74) is 1.31. The molecule has 0 aliphatic rings. The molecule has 0 atom stereocenters. The minimum Gasteiger partial charge on any atom is -0.494 e. The van der Waals surface area contributed by atoms with Gasteiger partial charge >= 0.3 is 0 Å². The molecule has 0 saturated carbocycles. The van der Waals surface area contributed by atoms with Gasteiger partial charge in [-0.2, -0.15) is 0 Å². The second-order valence-electron chi connectivity index (χ2n) is 6.49. The molecule has 0 unspecified atom stereocenters. The summed E-state index contributed by atoms with van der Waals surface area (Å²) in [5, 5.41) is 0. The van der Waals surface area contributed by atoms with Gasteiger partial charge in [-0.15, -0.1) is 0 Å². The van der Waals surface area contributed by atoms with Crippen LogP contribution in [0.1, 0.15) is 39.0 Å². The maximum atomic E-state index is 12.6. The second-order valence-corrected chi connectivity index (χ2v) is 8.25. The van der Waals surface area contributed by atoms with E-state index in [0.717, 1.165) is 5.56 Å². The predicted octanol–water partition coefficient (Wildman–Crippen LogP) is 3.26. The van der Waals surface area contributed by atoms with E-state index in [1.54, 1.807) is 36.5 Å². The van der Waals surface area contributed by atoms with E-state index in [-0.39, 0.29) is 16.9 Å². The van der Waals surface area contributed by atoms with E-state index >= 15 is 0 Å². The third-order valence-corrected chi connectivity index (χ3v) is 4.94. The number of rotatable bonds is 6. The first-order chi connectivity index (χ1) is 11.2. The van der Waals surface area contributed by atoms with Crippen LogP contribution in [0.3, 0.4) is 0 Å². The first-order valence-corrected chi connectivity index (χ1v) is 9.39. The van der Waals surface area contributed by atoms with Crippen LogP contribution >= 0.6 is 0 Å². The van der Waals surface area contributed by atoms with Crippen LogP contribution in [0.25, 0.3) is 0 Å². The van der Waals surface area contributed by atoms with Crippen molar-refractivity contribution in [1.29, 1.82) is 0 Å². The molecule has 1 N–H and O–H groups in total. The molecule has 5 nitrogen and oxygen atoms in total. The molecule has 0 aliphatic carbocycles. The van der Waals surface area contributed by atoms with Crippen molar-refractivity contribution in [2.45, 2.75) is 44.6 Å². The molecule has 0 spiro atoms. The summed E-state index contributed by atoms with van der Waals surface area (Å²) in [5.74, 6) is 0.716. The smallest absolute Gasteiger partial charge is 0.240 e. The van der Waals surface area contributed by atoms with E-state index in [1.165, 1.54) is 0 Å². The van der Waals surface area contributed by atoms with Crippen molar-refractivity contribution in [2.75, 3.05) is 6.61 Å². The molecule has 1 aromatic carbocycles. The molecule has 130 valence electrons. The maximum Gasteiger partial charge on any atom is 0.240 e. The molecule has 1 aromatic heterocycles. The third-order valence-electron chi connectivity index (χ3n) is 3.54. The van der Waals surface area contributed by atoms with Crippen LogP contribution in [-0.4, -0.2) is 20.0 Å². The number of nitrogens with zero attached hydrogens (tertiary/aromatic N) is 1. The molecule has 2 aromatic rings. The molecule has 0 fully saturated rings. The van der Waals surface area contributed by atoms with Crippen molar-refractivity contribution in [3.63, 3.8) is 0 Å². The average molecular weight is 348 g/mol. The molecule has 24 heavy (non-hydrogen) atoms. The summed E-state index contributed by atoms with van der Waals surface area (Å²) in [4.78, 5) is 4.35. The third kappa shape index (κ3) is 4.55. The molecule has 0 aliphatic heterocycles. The van der Waals surface area contributed by atoms with E-state index in [2.05, 4.69) is 9.71 Å². The van der Waals surface area contributed by atoms with E-state index < -0.39 is 10.0 Å². The molecule has 0 radical (unpaired) electrons. The van der Waals surface area contributed by atoms with Gasteiger partial charge in [0.15, 0.2) is 0 Å². The van der Waals surface area contributed by atoms with Crippen molar-refractivity contribution in [2.24, 2.45) is 0 Å². The van der Waals surface area contributed by atoms with E-state index in [0.29, 0.717) is 18.1 Å². The second kappa shape index (κ2) is 7.32. The first kappa shape index (κ1) is 18.4. The largest absolute Gasteiger partial charge is 0.494 e. The Bertz CT molecular complexity index is 782. The Hall–Kier alpha value is -1.92. The number of hydrogen-bond acceptors (Lipinski definition) is 4. The molecule has 0 saturated heterocycles. The van der Waals surface area contributed by atoms with Crippen LogP contribution in [0.4, 0.5) is 0 Å². The minimum atomic E-state index is -3.62. The Morgan fingerprint density at radius 2 is 1.92 bits per heavy atom. The Morgan fingerprint density at radius 1 is 1.17 bits per heavy atom. The SMILES string of the molecule is CCOc1ccc(S(=O)(=O)NCc2ccccn2)cc1C(C)(C)C. The van der Waals surface area contributed by atoms with Crippen LogP contribution in [-0.2, 0) is 22.0 Å². The zero-order chi connectivity index (χ0) is 17.8. The number of aromatic nitrogens is 1. The number of nitrogens with one attached hydrogen (secondary N) is 1. The summed E-state index contributed by atoms with van der Waals surface area (Å²) in [7, 11) is -3.62. The number of hydrogen-bond donors (Lipinski definition) is 1. The van der Waals surface area contributed by atoms with Crippen LogP contribution in [0.5, 0.6) is 5.75 Å². The highest BCUT2D eigenvalue weighted by Crippen LogP contribution is 2.33. The number of sulfonamides is 1. The Morgan fingerprint density at radius 3 is 2.50 bits per heavy atom. The van der Waals surface area contributed by atoms with Gasteiger partial charge in [-0.05, 0) is 42.7 Å². The molecule has 1 heterocycles. The minimum absolute atomic E-state index is 0.154. The van der Waals surface area contributed by atoms with Gasteiger partial charge in [0.05, 0.1) is 23.7 Å². The lowest BCUT2D eigenvalue weighted by molar-refractivity contribution is 0.329. The van der Waals surface area contributed by atoms with Crippen molar-refractivity contribution >= 4 is 10.0 Å². The summed E-state index contributed by atoms with van der Waals surface area (Å²) >= 11 is 0. The lowest BCUT2D eigenvalue weighted by Gasteiger charge is -2.23. The fraction of sp³-hybridized carbons (Fsp3) is 0.389. The quantitative estimate of drug-likeness (QED) is 0.870. The lowest BCUT2D eigenvalue weighted by atomic mass is 9.86. The fourth-order valence-corrected chi connectivity index (χ4v) is 3.32. The van der Waals surface area contributed by atoms with Crippen LogP contribution in [0.15, 0.2) is 47.5 Å². The van der Waals surface area contributed by atoms with E-state index in [1.807, 2.05) is 33.8 Å². The molecule has 6 heteroatoms. The summed E-state index contributed by atoms with van der Waals surface area (Å²) in [6.45, 7) is 8.69. The number of pyridine rings is 1. The van der Waals surface area contributed by atoms with Gasteiger partial charge in [-0.25, -0.2) is 13.1 Å². The fourth-order valence-electron chi connectivity index (χ4n) is 2.30. The normalized spacial score (nSPS) is 12.2. The van der Waals surface area contributed by atoms with Crippen molar-refractivity contribution in [1.82, 2.24) is 9.71 Å². The van der Waals surface area contributed by atoms with E-state index in [9.17, 15) is 8.42 Å². The zero-order valence-corrected chi connectivity index (χ0v) is 15.4. The summed E-state index contributed by atoms with van der Waals surface area (Å²) < 4.78 is 33.4. The van der Waals surface area contributed by atoms with Gasteiger partial charge in [0.1, 0.15) is 5.75 Å². The Kier molecular flexibility index (Phi) is 5.62. The topological polar surface area (TPSA) is 68.3 Å². The Balaban J connectivity index is 2.29. The van der Waals surface area contributed by atoms with Crippen molar-refractivity contribution in [3.05, 3.63) is 53.9 Å². The van der Waals surface area contributed by atoms with Crippen LogP contribution in [0, 0.1) is 0 Å². The number of benzene rings is 1. The van der Waals surface area contributed by atoms with Crippen LogP contribution < -0.4 is 9.46 Å². The molecular formula is C18H24N2O3S. The van der Waals surface area contributed by atoms with Gasteiger partial charge in [0.2, 0.25) is 10.0 Å². The highest BCUT2D eigenvalue weighted by atomic mass is 32.2. The molecule has 2 rings (SSSR count). The molecular weight excluding hydrogens is 324 g/mol. The van der Waals surface area contributed by atoms with Gasteiger partial charge in [0.25, 0.3) is 0 Å². The van der Waals surface area contributed by atoms with E-state index in [4.69, 9.17) is 4.74 Å². The highest BCUT2D eigenvalue weighted by Gasteiger charge is 2.23. The number of ether oxygens (including phenoxy) is 1. The monoisotopic (exact) mass is 348 g/mol. The summed E-state index contributed by atoms with van der Waals surface area (Å²) in [6, 6.07) is 10.4. The zero-order valence-electron chi connectivity index (χ0n) is 14.5. The standard InChI is InChI=1S/C18H24N2O3S/c1-5-23-17-10-9-15(12-16(17)18(2,3)4)24(21,22)20-13-14-8-6-7-11-19-14/h6-12,20H,5,13H2,1-4H3. The molecule has 0 amide bonds. The molecule has 0 bridgehead atoms. The maximum absolute atomic E-state index is 12.6. The highest BCUT2D eigenvalue weighted by molar-refractivity contribution is 7.89. The lowest BCUT2D eigenvalue weighted by Crippen LogP contribution is -2.24. The van der Waals surface area contributed by atoms with Crippen molar-refractivity contribution in [3.8, 4) is 5.75 Å². The average Bonchev–Trinajstić information content (AvgIpc) is 2.53. The van der Waals surface area contributed by atoms with Gasteiger partial charge in [-0.1, -0.05) is 26.8 Å². The summed E-state index contributed by atoms with van der Waals surface area (Å²) in [6.07, 6.45) is 1.64. The predicted molar refractivity (Wildman–Crippen MR) is 94.6 cm³/mol. The van der Waals surface area contributed by atoms with Gasteiger partial charge < -0.3 is 4.74 Å². The van der Waals surface area contributed by atoms with Gasteiger partial charge in [-0.3, -0.25) is 4.98 Å². The van der Waals surface area contributed by atoms with Gasteiger partial charge in [0, 0.05) is 11.8 Å². The van der Waals surface area contributed by atoms with Crippen LogP contribution in [0.2, 0.25) is 0 Å². The first-order valence-electron chi connectivity index (χ1n) is 7.91.